The second-order valence-electron chi connectivity index (χ2n) is 5.54. The number of hydrogen-bond acceptors (Lipinski definition) is 3. The molecule has 4 nitrogen and oxygen atoms in total. The van der Waals surface area contributed by atoms with Crippen LogP contribution in [0.25, 0.3) is 0 Å². The van der Waals surface area contributed by atoms with Crippen LogP contribution < -0.4 is 10.6 Å². The van der Waals surface area contributed by atoms with Gasteiger partial charge in [-0.25, -0.2) is 0 Å². The second kappa shape index (κ2) is 5.83. The molecule has 0 aromatic carbocycles. The monoisotopic (exact) mass is 240 g/mol. The molecule has 0 bridgehead atoms. The fourth-order valence-corrected chi connectivity index (χ4v) is 2.80. The molecule has 2 rings (SSSR count). The van der Waals surface area contributed by atoms with E-state index < -0.39 is 0 Å². The standard InChI is InChI=1S/C13H24N2O2/c1-2-9-3-4-14-12(7-9)13(17)15-8-10-5-11(16)6-10/h9-12,14,16H,2-8H2,1H3,(H,15,17). The van der Waals surface area contributed by atoms with Crippen LogP contribution in [-0.4, -0.2) is 36.2 Å². The van der Waals surface area contributed by atoms with Crippen molar-refractivity contribution >= 4 is 5.91 Å². The summed E-state index contributed by atoms with van der Waals surface area (Å²) < 4.78 is 0. The summed E-state index contributed by atoms with van der Waals surface area (Å²) in [6.07, 6.45) is 4.88. The van der Waals surface area contributed by atoms with Crippen LogP contribution in [0.1, 0.15) is 39.0 Å². The van der Waals surface area contributed by atoms with Crippen LogP contribution in [0.2, 0.25) is 0 Å². The maximum atomic E-state index is 11.9. The third-order valence-electron chi connectivity index (χ3n) is 4.18. The van der Waals surface area contributed by atoms with Gasteiger partial charge in [0.15, 0.2) is 0 Å². The van der Waals surface area contributed by atoms with Crippen LogP contribution in [0.4, 0.5) is 0 Å². The zero-order valence-electron chi connectivity index (χ0n) is 10.6. The Labute approximate surface area is 103 Å². The molecule has 1 heterocycles. The summed E-state index contributed by atoms with van der Waals surface area (Å²) >= 11 is 0. The van der Waals surface area contributed by atoms with Gasteiger partial charge in [0.2, 0.25) is 5.91 Å². The van der Waals surface area contributed by atoms with Gasteiger partial charge in [-0.3, -0.25) is 4.79 Å². The maximum absolute atomic E-state index is 11.9. The normalized spacial score (nSPS) is 37.3. The van der Waals surface area contributed by atoms with Crippen molar-refractivity contribution in [2.24, 2.45) is 11.8 Å². The lowest BCUT2D eigenvalue weighted by Gasteiger charge is -2.33. The van der Waals surface area contributed by atoms with E-state index >= 15 is 0 Å². The van der Waals surface area contributed by atoms with Gasteiger partial charge in [0.1, 0.15) is 0 Å². The molecule has 0 radical (unpaired) electrons. The summed E-state index contributed by atoms with van der Waals surface area (Å²) in [6, 6.07) is -0.00120. The molecule has 0 aromatic heterocycles. The Morgan fingerprint density at radius 2 is 2.12 bits per heavy atom. The molecule has 2 unspecified atom stereocenters. The van der Waals surface area contributed by atoms with Crippen LogP contribution in [0.15, 0.2) is 0 Å². The highest BCUT2D eigenvalue weighted by Crippen LogP contribution is 2.26. The molecule has 1 saturated heterocycles. The minimum atomic E-state index is -0.130. The van der Waals surface area contributed by atoms with E-state index in [1.165, 1.54) is 12.8 Å². The zero-order valence-corrected chi connectivity index (χ0v) is 10.6. The van der Waals surface area contributed by atoms with E-state index in [2.05, 4.69) is 17.6 Å². The van der Waals surface area contributed by atoms with Gasteiger partial charge in [-0.15, -0.1) is 0 Å². The molecule has 98 valence electrons. The van der Waals surface area contributed by atoms with Crippen molar-refractivity contribution in [2.45, 2.75) is 51.2 Å². The maximum Gasteiger partial charge on any atom is 0.237 e. The number of amides is 1. The molecule has 2 atom stereocenters. The molecule has 0 aromatic rings. The number of nitrogens with one attached hydrogen (secondary N) is 2. The zero-order chi connectivity index (χ0) is 12.3. The molecule has 17 heavy (non-hydrogen) atoms. The Hall–Kier alpha value is -0.610. The minimum absolute atomic E-state index is 0.00120. The molecular formula is C13H24N2O2. The number of piperidine rings is 1. The highest BCUT2D eigenvalue weighted by Gasteiger charge is 2.29. The number of carbonyl (C=O) groups is 1. The van der Waals surface area contributed by atoms with Crippen molar-refractivity contribution in [1.29, 1.82) is 0 Å². The smallest absolute Gasteiger partial charge is 0.237 e. The van der Waals surface area contributed by atoms with Crippen molar-refractivity contribution in [3.8, 4) is 0 Å². The first-order chi connectivity index (χ1) is 8.19. The largest absolute Gasteiger partial charge is 0.393 e. The van der Waals surface area contributed by atoms with E-state index in [4.69, 9.17) is 0 Å². The highest BCUT2D eigenvalue weighted by molar-refractivity contribution is 5.81. The number of hydrogen-bond donors (Lipinski definition) is 3. The third kappa shape index (κ3) is 3.42. The second-order valence-corrected chi connectivity index (χ2v) is 5.54. The number of aliphatic hydroxyl groups is 1. The Bertz CT molecular complexity index is 264. The lowest BCUT2D eigenvalue weighted by atomic mass is 9.82. The van der Waals surface area contributed by atoms with Crippen LogP contribution in [0, 0.1) is 11.8 Å². The summed E-state index contributed by atoms with van der Waals surface area (Å²) in [6.45, 7) is 3.88. The van der Waals surface area contributed by atoms with Crippen molar-refractivity contribution in [3.63, 3.8) is 0 Å². The Morgan fingerprint density at radius 1 is 1.35 bits per heavy atom. The SMILES string of the molecule is CCC1CCNC(C(=O)NCC2CC(O)C2)C1. The van der Waals surface area contributed by atoms with Crippen molar-refractivity contribution < 1.29 is 9.90 Å². The summed E-state index contributed by atoms with van der Waals surface area (Å²) in [4.78, 5) is 11.9. The fraction of sp³-hybridized carbons (Fsp3) is 0.923. The third-order valence-corrected chi connectivity index (χ3v) is 4.18. The van der Waals surface area contributed by atoms with Gasteiger partial charge in [0.25, 0.3) is 0 Å². The van der Waals surface area contributed by atoms with Crippen LogP contribution >= 0.6 is 0 Å². The van der Waals surface area contributed by atoms with Crippen molar-refractivity contribution in [1.82, 2.24) is 10.6 Å². The molecule has 1 aliphatic heterocycles. The summed E-state index contributed by atoms with van der Waals surface area (Å²) in [7, 11) is 0. The molecule has 1 amide bonds. The summed E-state index contributed by atoms with van der Waals surface area (Å²) in [5.74, 6) is 1.32. The van der Waals surface area contributed by atoms with Crippen molar-refractivity contribution in [2.75, 3.05) is 13.1 Å². The Balaban J connectivity index is 1.68. The topological polar surface area (TPSA) is 61.4 Å². The molecule has 2 aliphatic rings. The molecule has 1 aliphatic carbocycles. The number of aliphatic hydroxyl groups excluding tert-OH is 1. The van der Waals surface area contributed by atoms with Gasteiger partial charge in [-0.05, 0) is 44.1 Å². The highest BCUT2D eigenvalue weighted by atomic mass is 16.3. The van der Waals surface area contributed by atoms with E-state index in [1.807, 2.05) is 0 Å². The minimum Gasteiger partial charge on any atom is -0.393 e. The molecule has 2 fully saturated rings. The first kappa shape index (κ1) is 12.8. The first-order valence-corrected chi connectivity index (χ1v) is 6.88. The van der Waals surface area contributed by atoms with Gasteiger partial charge >= 0.3 is 0 Å². The van der Waals surface area contributed by atoms with E-state index in [1.54, 1.807) is 0 Å². The number of carbonyl (C=O) groups excluding carboxylic acids is 1. The molecule has 4 heteroatoms. The summed E-state index contributed by atoms with van der Waals surface area (Å²) in [5, 5.41) is 15.5. The van der Waals surface area contributed by atoms with Crippen LogP contribution in [-0.2, 0) is 4.79 Å². The molecule has 3 N–H and O–H groups in total. The Kier molecular flexibility index (Phi) is 4.40. The van der Waals surface area contributed by atoms with Gasteiger partial charge in [0.05, 0.1) is 12.1 Å². The van der Waals surface area contributed by atoms with E-state index in [0.29, 0.717) is 11.8 Å². The van der Waals surface area contributed by atoms with Gasteiger partial charge in [0, 0.05) is 6.54 Å². The van der Waals surface area contributed by atoms with E-state index in [0.717, 1.165) is 32.4 Å². The van der Waals surface area contributed by atoms with Gasteiger partial charge < -0.3 is 15.7 Å². The average molecular weight is 240 g/mol. The lowest BCUT2D eigenvalue weighted by molar-refractivity contribution is -0.124. The van der Waals surface area contributed by atoms with E-state index in [-0.39, 0.29) is 18.1 Å². The predicted octanol–water partition coefficient (Wildman–Crippen LogP) is 0.652. The van der Waals surface area contributed by atoms with Gasteiger partial charge in [-0.2, -0.15) is 0 Å². The predicted molar refractivity (Wildman–Crippen MR) is 66.5 cm³/mol. The lowest BCUT2D eigenvalue weighted by Crippen LogP contribution is -2.50. The fourth-order valence-electron chi connectivity index (χ4n) is 2.80. The number of rotatable bonds is 4. The molecule has 1 saturated carbocycles. The average Bonchev–Trinajstić information content (AvgIpc) is 2.33. The first-order valence-electron chi connectivity index (χ1n) is 6.88. The van der Waals surface area contributed by atoms with Crippen LogP contribution in [0.3, 0.4) is 0 Å². The Morgan fingerprint density at radius 3 is 2.76 bits per heavy atom. The quantitative estimate of drug-likeness (QED) is 0.676. The molecular weight excluding hydrogens is 216 g/mol. The molecule has 0 spiro atoms. The van der Waals surface area contributed by atoms with Crippen LogP contribution in [0.5, 0.6) is 0 Å². The van der Waals surface area contributed by atoms with Gasteiger partial charge in [-0.1, -0.05) is 13.3 Å². The summed E-state index contributed by atoms with van der Waals surface area (Å²) in [5.41, 5.74) is 0. The van der Waals surface area contributed by atoms with E-state index in [9.17, 15) is 9.90 Å². The van der Waals surface area contributed by atoms with Crippen molar-refractivity contribution in [3.05, 3.63) is 0 Å².